The summed E-state index contributed by atoms with van der Waals surface area (Å²) in [5.41, 5.74) is 1.23. The van der Waals surface area contributed by atoms with Crippen LogP contribution in [0.15, 0.2) is 6.20 Å². The first-order chi connectivity index (χ1) is 6.77. The molecule has 1 saturated heterocycles. The summed E-state index contributed by atoms with van der Waals surface area (Å²) < 4.78 is 3.02. The zero-order chi connectivity index (χ0) is 9.97. The molecule has 0 aromatic carbocycles. The van der Waals surface area contributed by atoms with Crippen LogP contribution in [0.1, 0.15) is 18.5 Å². The lowest BCUT2D eigenvalue weighted by Crippen LogP contribution is -2.24. The fraction of sp³-hybridized carbons (Fsp3) is 0.700. The van der Waals surface area contributed by atoms with Crippen LogP contribution in [0.4, 0.5) is 0 Å². The van der Waals surface area contributed by atoms with E-state index in [0.29, 0.717) is 0 Å². The van der Waals surface area contributed by atoms with E-state index in [-0.39, 0.29) is 0 Å². The van der Waals surface area contributed by atoms with E-state index in [1.54, 1.807) is 0 Å². The molecule has 1 aromatic heterocycles. The molecule has 0 saturated carbocycles. The molecule has 2 heterocycles. The van der Waals surface area contributed by atoms with Crippen LogP contribution in [-0.4, -0.2) is 34.1 Å². The fourth-order valence-corrected chi connectivity index (χ4v) is 2.30. The third kappa shape index (κ3) is 2.07. The molecule has 0 atom stereocenters. The fourth-order valence-electron chi connectivity index (χ4n) is 2.01. The number of aromatic amines is 1. The maximum Gasteiger partial charge on any atom is 0.177 e. The number of nitrogens with zero attached hydrogens (tertiary/aromatic N) is 2. The molecular weight excluding hydrogens is 194 g/mol. The van der Waals surface area contributed by atoms with Gasteiger partial charge < -0.3 is 14.5 Å². The number of hydrogen-bond acceptors (Lipinski definition) is 2. The molecule has 1 aliphatic heterocycles. The van der Waals surface area contributed by atoms with Crippen LogP contribution in [0.3, 0.4) is 0 Å². The summed E-state index contributed by atoms with van der Waals surface area (Å²) in [7, 11) is 0. The Labute approximate surface area is 89.7 Å². The lowest BCUT2D eigenvalue weighted by molar-refractivity contribution is 0.320. The maximum atomic E-state index is 5.20. The van der Waals surface area contributed by atoms with Crippen molar-refractivity contribution in [2.75, 3.05) is 19.6 Å². The van der Waals surface area contributed by atoms with Crippen molar-refractivity contribution < 1.29 is 0 Å². The van der Waals surface area contributed by atoms with E-state index < -0.39 is 0 Å². The first kappa shape index (κ1) is 9.93. The first-order valence-electron chi connectivity index (χ1n) is 5.24. The Morgan fingerprint density at radius 1 is 1.36 bits per heavy atom. The summed E-state index contributed by atoms with van der Waals surface area (Å²) in [5, 5.41) is 0. The normalized spacial score (nSPS) is 17.8. The van der Waals surface area contributed by atoms with E-state index in [1.165, 1.54) is 31.6 Å². The zero-order valence-electron chi connectivity index (χ0n) is 8.62. The SMILES string of the molecule is Cc1c[nH]c(=S)n1CCN1CCCC1. The van der Waals surface area contributed by atoms with Crippen molar-refractivity contribution in [3.8, 4) is 0 Å². The third-order valence-electron chi connectivity index (χ3n) is 2.91. The summed E-state index contributed by atoms with van der Waals surface area (Å²) in [6, 6.07) is 0. The third-order valence-corrected chi connectivity index (χ3v) is 3.25. The average Bonchev–Trinajstić information content (AvgIpc) is 2.76. The highest BCUT2D eigenvalue weighted by molar-refractivity contribution is 7.71. The molecule has 4 heteroatoms. The van der Waals surface area contributed by atoms with Gasteiger partial charge in [0.15, 0.2) is 4.77 Å². The minimum Gasteiger partial charge on any atom is -0.337 e. The van der Waals surface area contributed by atoms with Crippen molar-refractivity contribution >= 4 is 12.2 Å². The van der Waals surface area contributed by atoms with Crippen molar-refractivity contribution in [2.45, 2.75) is 26.3 Å². The second kappa shape index (κ2) is 4.28. The van der Waals surface area contributed by atoms with Gasteiger partial charge in [0.2, 0.25) is 0 Å². The van der Waals surface area contributed by atoms with Gasteiger partial charge in [0.1, 0.15) is 0 Å². The summed E-state index contributed by atoms with van der Waals surface area (Å²) in [6.45, 7) is 6.77. The van der Waals surface area contributed by atoms with Crippen molar-refractivity contribution in [3.05, 3.63) is 16.7 Å². The van der Waals surface area contributed by atoms with Crippen LogP contribution in [0.5, 0.6) is 0 Å². The lowest BCUT2D eigenvalue weighted by Gasteiger charge is -2.15. The van der Waals surface area contributed by atoms with Crippen LogP contribution in [0, 0.1) is 11.7 Å². The highest BCUT2D eigenvalue weighted by Gasteiger charge is 2.11. The first-order valence-corrected chi connectivity index (χ1v) is 5.65. The summed E-state index contributed by atoms with van der Waals surface area (Å²) >= 11 is 5.20. The van der Waals surface area contributed by atoms with E-state index >= 15 is 0 Å². The number of likely N-dealkylation sites (tertiary alicyclic amines) is 1. The molecule has 1 aromatic rings. The lowest BCUT2D eigenvalue weighted by atomic mass is 10.4. The number of hydrogen-bond donors (Lipinski definition) is 1. The topological polar surface area (TPSA) is 24.0 Å². The molecule has 3 nitrogen and oxygen atoms in total. The Balaban J connectivity index is 1.94. The summed E-state index contributed by atoms with van der Waals surface area (Å²) in [4.78, 5) is 5.58. The van der Waals surface area contributed by atoms with Gasteiger partial charge in [0.25, 0.3) is 0 Å². The molecule has 0 spiro atoms. The quantitative estimate of drug-likeness (QED) is 0.773. The number of nitrogens with one attached hydrogen (secondary N) is 1. The van der Waals surface area contributed by atoms with Crippen LogP contribution >= 0.6 is 12.2 Å². The van der Waals surface area contributed by atoms with Crippen LogP contribution < -0.4 is 0 Å². The van der Waals surface area contributed by atoms with Crippen molar-refractivity contribution in [2.24, 2.45) is 0 Å². The van der Waals surface area contributed by atoms with Gasteiger partial charge in [-0.2, -0.15) is 0 Å². The van der Waals surface area contributed by atoms with Gasteiger partial charge >= 0.3 is 0 Å². The second-order valence-corrected chi connectivity index (χ2v) is 4.32. The largest absolute Gasteiger partial charge is 0.337 e. The van der Waals surface area contributed by atoms with Crippen molar-refractivity contribution in [1.29, 1.82) is 0 Å². The summed E-state index contributed by atoms with van der Waals surface area (Å²) in [5.74, 6) is 0. The molecule has 2 rings (SSSR count). The Bertz CT molecular complexity index is 346. The number of imidazole rings is 1. The van der Waals surface area contributed by atoms with Gasteiger partial charge in [-0.05, 0) is 45.1 Å². The zero-order valence-corrected chi connectivity index (χ0v) is 9.44. The maximum absolute atomic E-state index is 5.20. The number of H-pyrrole nitrogens is 1. The molecule has 0 radical (unpaired) electrons. The molecule has 0 unspecified atom stereocenters. The van der Waals surface area contributed by atoms with Gasteiger partial charge in [-0.25, -0.2) is 0 Å². The summed E-state index contributed by atoms with van der Waals surface area (Å²) in [6.07, 6.45) is 4.70. The Hall–Kier alpha value is -0.610. The van der Waals surface area contributed by atoms with Gasteiger partial charge in [0.05, 0.1) is 0 Å². The Morgan fingerprint density at radius 2 is 2.07 bits per heavy atom. The molecule has 0 amide bonds. The monoisotopic (exact) mass is 211 g/mol. The minimum absolute atomic E-state index is 0.849. The van der Waals surface area contributed by atoms with E-state index in [9.17, 15) is 0 Å². The van der Waals surface area contributed by atoms with E-state index in [2.05, 4.69) is 21.4 Å². The van der Waals surface area contributed by atoms with E-state index in [4.69, 9.17) is 12.2 Å². The van der Waals surface area contributed by atoms with Gasteiger partial charge in [-0.3, -0.25) is 0 Å². The molecule has 1 N–H and O–H groups in total. The van der Waals surface area contributed by atoms with Crippen LogP contribution in [0.25, 0.3) is 0 Å². The molecule has 78 valence electrons. The standard InChI is InChI=1S/C10H17N3S/c1-9-8-11-10(14)13(9)7-6-12-4-2-3-5-12/h8H,2-7H2,1H3,(H,11,14). The molecule has 14 heavy (non-hydrogen) atoms. The van der Waals surface area contributed by atoms with Gasteiger partial charge in [0, 0.05) is 25.0 Å². The molecular formula is C10H17N3S. The van der Waals surface area contributed by atoms with Crippen molar-refractivity contribution in [3.63, 3.8) is 0 Å². The van der Waals surface area contributed by atoms with E-state index in [0.717, 1.165) is 17.9 Å². The highest BCUT2D eigenvalue weighted by atomic mass is 32.1. The molecule has 1 fully saturated rings. The second-order valence-electron chi connectivity index (χ2n) is 3.94. The Kier molecular flexibility index (Phi) is 3.03. The van der Waals surface area contributed by atoms with Crippen LogP contribution in [-0.2, 0) is 6.54 Å². The average molecular weight is 211 g/mol. The predicted molar refractivity (Wildman–Crippen MR) is 60.0 cm³/mol. The molecule has 1 aliphatic rings. The number of aromatic nitrogens is 2. The highest BCUT2D eigenvalue weighted by Crippen LogP contribution is 2.08. The van der Waals surface area contributed by atoms with Gasteiger partial charge in [-0.15, -0.1) is 0 Å². The van der Waals surface area contributed by atoms with Crippen LogP contribution in [0.2, 0.25) is 0 Å². The molecule has 0 aliphatic carbocycles. The molecule has 0 bridgehead atoms. The number of aryl methyl sites for hydroxylation is 1. The number of rotatable bonds is 3. The van der Waals surface area contributed by atoms with Crippen molar-refractivity contribution in [1.82, 2.24) is 14.5 Å². The van der Waals surface area contributed by atoms with E-state index in [1.807, 2.05) is 6.20 Å². The Morgan fingerprint density at radius 3 is 2.64 bits per heavy atom. The smallest absolute Gasteiger partial charge is 0.177 e. The van der Waals surface area contributed by atoms with Gasteiger partial charge in [-0.1, -0.05) is 0 Å². The minimum atomic E-state index is 0.849. The predicted octanol–water partition coefficient (Wildman–Crippen LogP) is 1.95.